The average Bonchev–Trinajstić information content (AvgIpc) is 3.15. The molecule has 4 N–H and O–H groups in total. The van der Waals surface area contributed by atoms with Crippen LogP contribution in [0.4, 0.5) is 5.95 Å². The topological polar surface area (TPSA) is 112 Å². The third-order valence-corrected chi connectivity index (χ3v) is 5.75. The number of anilines is 1. The summed E-state index contributed by atoms with van der Waals surface area (Å²) in [4.78, 5) is 13.3. The summed E-state index contributed by atoms with van der Waals surface area (Å²) in [5.41, 5.74) is 2.27. The molecule has 3 heterocycles. The van der Waals surface area contributed by atoms with E-state index in [0.29, 0.717) is 31.1 Å². The van der Waals surface area contributed by atoms with E-state index in [1.54, 1.807) is 19.5 Å². The van der Waals surface area contributed by atoms with Gasteiger partial charge in [0.1, 0.15) is 11.9 Å². The second kappa shape index (κ2) is 8.46. The molecule has 3 aromatic heterocycles. The van der Waals surface area contributed by atoms with Crippen LogP contribution in [0.3, 0.4) is 0 Å². The molecule has 0 spiro atoms. The van der Waals surface area contributed by atoms with Gasteiger partial charge >= 0.3 is 0 Å². The van der Waals surface area contributed by atoms with E-state index in [0.717, 1.165) is 15.8 Å². The Bertz CT molecular complexity index is 916. The lowest BCUT2D eigenvalue weighted by molar-refractivity contribution is 0.0261. The van der Waals surface area contributed by atoms with Crippen LogP contribution in [-0.4, -0.2) is 51.0 Å². The Balaban J connectivity index is 1.60. The van der Waals surface area contributed by atoms with E-state index in [-0.39, 0.29) is 18.2 Å². The molecule has 2 unspecified atom stereocenters. The van der Waals surface area contributed by atoms with Crippen LogP contribution in [-0.2, 0) is 4.74 Å². The van der Waals surface area contributed by atoms with Crippen molar-refractivity contribution in [3.8, 4) is 0 Å². The Kier molecular flexibility index (Phi) is 5.79. The molecule has 3 aromatic rings. The minimum absolute atomic E-state index is 0.0861. The van der Waals surface area contributed by atoms with Crippen molar-refractivity contribution in [2.24, 2.45) is 0 Å². The van der Waals surface area contributed by atoms with Crippen LogP contribution in [0.2, 0.25) is 0 Å². The van der Waals surface area contributed by atoms with Crippen molar-refractivity contribution in [3.63, 3.8) is 0 Å². The maximum Gasteiger partial charge on any atom is 0.224 e. The van der Waals surface area contributed by atoms with E-state index in [2.05, 4.69) is 25.6 Å². The van der Waals surface area contributed by atoms with E-state index >= 15 is 0 Å². The summed E-state index contributed by atoms with van der Waals surface area (Å²) in [6, 6.07) is 5.66. The fourth-order valence-corrected chi connectivity index (χ4v) is 4.13. The minimum atomic E-state index is -0.929. The zero-order chi connectivity index (χ0) is 19.5. The molecule has 0 radical (unpaired) electrons. The molecule has 1 aliphatic rings. The summed E-state index contributed by atoms with van der Waals surface area (Å²) in [5, 5.41) is 28.5. The Morgan fingerprint density at radius 1 is 1.32 bits per heavy atom. The lowest BCUT2D eigenvalue weighted by Crippen LogP contribution is -2.45. The third-order valence-electron chi connectivity index (χ3n) is 4.82. The van der Waals surface area contributed by atoms with Crippen LogP contribution < -0.4 is 10.6 Å². The third kappa shape index (κ3) is 4.13. The number of aliphatic hydroxyl groups excluding tert-OH is 2. The Morgan fingerprint density at radius 3 is 2.89 bits per heavy atom. The van der Waals surface area contributed by atoms with Crippen molar-refractivity contribution in [2.45, 2.75) is 37.3 Å². The molecular weight excluding hydrogens is 378 g/mol. The molecule has 148 valence electrons. The second-order valence-electron chi connectivity index (χ2n) is 6.90. The van der Waals surface area contributed by atoms with E-state index < -0.39 is 6.23 Å². The smallest absolute Gasteiger partial charge is 0.224 e. The molecule has 0 aliphatic heterocycles. The van der Waals surface area contributed by atoms with Crippen LogP contribution in [0.1, 0.15) is 36.4 Å². The number of methoxy groups -OCH3 is 1. The van der Waals surface area contributed by atoms with Gasteiger partial charge in [0.2, 0.25) is 5.95 Å². The monoisotopic (exact) mass is 401 g/mol. The number of ether oxygens (including phenoxy) is 1. The van der Waals surface area contributed by atoms with Crippen molar-refractivity contribution in [1.29, 1.82) is 0 Å². The Labute approximate surface area is 166 Å². The fourth-order valence-electron chi connectivity index (χ4n) is 3.29. The van der Waals surface area contributed by atoms with Crippen LogP contribution in [0, 0.1) is 0 Å². The molecule has 8 nitrogen and oxygen atoms in total. The van der Waals surface area contributed by atoms with Gasteiger partial charge in [0.15, 0.2) is 0 Å². The van der Waals surface area contributed by atoms with Gasteiger partial charge in [-0.15, -0.1) is 11.3 Å². The minimum Gasteiger partial charge on any atom is -0.393 e. The van der Waals surface area contributed by atoms with Gasteiger partial charge in [-0.2, -0.15) is 0 Å². The van der Waals surface area contributed by atoms with E-state index in [1.807, 2.05) is 23.6 Å². The maximum absolute atomic E-state index is 10.7. The Morgan fingerprint density at radius 2 is 2.18 bits per heavy atom. The first-order valence-electron chi connectivity index (χ1n) is 9.16. The van der Waals surface area contributed by atoms with Gasteiger partial charge in [-0.3, -0.25) is 10.3 Å². The van der Waals surface area contributed by atoms with Gasteiger partial charge in [0.05, 0.1) is 29.0 Å². The van der Waals surface area contributed by atoms with Crippen molar-refractivity contribution < 1.29 is 14.9 Å². The van der Waals surface area contributed by atoms with E-state index in [1.165, 1.54) is 11.3 Å². The molecule has 1 aliphatic carbocycles. The zero-order valence-electron chi connectivity index (χ0n) is 15.4. The maximum atomic E-state index is 10.7. The van der Waals surface area contributed by atoms with Gasteiger partial charge in [-0.25, -0.2) is 9.97 Å². The average molecular weight is 401 g/mol. The SMILES string of the molecule is COCC(Nc1nc(C(O)NC2CC(O)C2)c2sccc2n1)c1cccnc1. The molecular formula is C19H23N5O3S. The summed E-state index contributed by atoms with van der Waals surface area (Å²) >= 11 is 1.49. The van der Waals surface area contributed by atoms with E-state index in [4.69, 9.17) is 4.74 Å². The Hall–Kier alpha value is -2.17. The number of aliphatic hydroxyl groups is 2. The molecule has 0 aromatic carbocycles. The molecule has 9 heteroatoms. The van der Waals surface area contributed by atoms with Crippen LogP contribution in [0.25, 0.3) is 10.2 Å². The summed E-state index contributed by atoms with van der Waals surface area (Å²) in [7, 11) is 1.64. The number of pyridine rings is 1. The number of fused-ring (bicyclic) bond motifs is 1. The summed E-state index contributed by atoms with van der Waals surface area (Å²) in [6.45, 7) is 0.423. The molecule has 0 bridgehead atoms. The highest BCUT2D eigenvalue weighted by Crippen LogP contribution is 2.30. The predicted octanol–water partition coefficient (Wildman–Crippen LogP) is 1.99. The molecule has 1 saturated carbocycles. The van der Waals surface area contributed by atoms with Gasteiger partial charge < -0.3 is 20.3 Å². The predicted molar refractivity (Wildman–Crippen MR) is 107 cm³/mol. The number of nitrogens with zero attached hydrogens (tertiary/aromatic N) is 3. The van der Waals surface area contributed by atoms with Gasteiger partial charge in [-0.1, -0.05) is 6.07 Å². The van der Waals surface area contributed by atoms with Gasteiger partial charge in [-0.05, 0) is 35.9 Å². The number of rotatable bonds is 8. The van der Waals surface area contributed by atoms with Crippen molar-refractivity contribution in [2.75, 3.05) is 19.0 Å². The number of hydrogen-bond acceptors (Lipinski definition) is 9. The first-order valence-corrected chi connectivity index (χ1v) is 10.0. The summed E-state index contributed by atoms with van der Waals surface area (Å²) in [6.07, 6.45) is 3.55. The summed E-state index contributed by atoms with van der Waals surface area (Å²) in [5.74, 6) is 0.418. The highest BCUT2D eigenvalue weighted by atomic mass is 32.1. The summed E-state index contributed by atoms with van der Waals surface area (Å²) < 4.78 is 6.18. The molecule has 0 saturated heterocycles. The zero-order valence-corrected chi connectivity index (χ0v) is 16.3. The molecule has 0 amide bonds. The second-order valence-corrected chi connectivity index (χ2v) is 7.81. The van der Waals surface area contributed by atoms with Crippen molar-refractivity contribution in [3.05, 3.63) is 47.2 Å². The van der Waals surface area contributed by atoms with Crippen molar-refractivity contribution in [1.82, 2.24) is 20.3 Å². The standard InChI is InChI=1S/C19H23N5O3S/c1-27-10-15(11-3-2-5-20-9-11)23-19-22-14-4-6-28-17(14)16(24-19)18(26)21-12-7-13(25)8-12/h2-6,9,12-13,15,18,21,25-26H,7-8,10H2,1H3,(H,22,23,24). The van der Waals surface area contributed by atoms with E-state index in [9.17, 15) is 10.2 Å². The number of hydrogen-bond donors (Lipinski definition) is 4. The van der Waals surface area contributed by atoms with Gasteiger partial charge in [0, 0.05) is 25.5 Å². The lowest BCUT2D eigenvalue weighted by atomic mass is 9.89. The number of aromatic nitrogens is 3. The number of nitrogens with one attached hydrogen (secondary N) is 2. The highest BCUT2D eigenvalue weighted by Gasteiger charge is 2.30. The lowest BCUT2D eigenvalue weighted by Gasteiger charge is -2.33. The highest BCUT2D eigenvalue weighted by molar-refractivity contribution is 7.17. The quantitative estimate of drug-likeness (QED) is 0.424. The molecule has 1 fully saturated rings. The molecule has 2 atom stereocenters. The molecule has 28 heavy (non-hydrogen) atoms. The fraction of sp³-hybridized carbons (Fsp3) is 0.421. The molecule has 4 rings (SSSR count). The first-order chi connectivity index (χ1) is 13.6. The number of thiophene rings is 1. The van der Waals surface area contributed by atoms with Crippen LogP contribution >= 0.6 is 11.3 Å². The van der Waals surface area contributed by atoms with Gasteiger partial charge in [0.25, 0.3) is 0 Å². The van der Waals surface area contributed by atoms with Crippen LogP contribution in [0.15, 0.2) is 36.0 Å². The first kappa shape index (κ1) is 19.2. The largest absolute Gasteiger partial charge is 0.393 e. The van der Waals surface area contributed by atoms with Crippen molar-refractivity contribution >= 4 is 27.5 Å². The normalized spacial score (nSPS) is 21.2. The van der Waals surface area contributed by atoms with Crippen LogP contribution in [0.5, 0.6) is 0 Å².